The summed E-state index contributed by atoms with van der Waals surface area (Å²) in [6, 6.07) is 0. The van der Waals surface area contributed by atoms with E-state index >= 15 is 0 Å². The minimum Gasteiger partial charge on any atom is -0.478 e. The third-order valence-electron chi connectivity index (χ3n) is 6.14. The van der Waals surface area contributed by atoms with Crippen LogP contribution in [0.2, 0.25) is 0 Å². The molecule has 0 saturated heterocycles. The Morgan fingerprint density at radius 3 is 2.35 bits per heavy atom. The highest BCUT2D eigenvalue weighted by Gasteiger charge is 2.48. The number of rotatable bonds is 3. The number of hydrogen-bond acceptors (Lipinski definition) is 2. The van der Waals surface area contributed by atoms with E-state index in [1.54, 1.807) is 0 Å². The topological polar surface area (TPSA) is 55.1 Å². The molecule has 4 aliphatic carbocycles. The second kappa shape index (κ2) is 4.34. The Labute approximate surface area is 119 Å². The third kappa shape index (κ3) is 1.80. The summed E-state index contributed by atoms with van der Waals surface area (Å²) in [6.45, 7) is 2.81. The van der Waals surface area contributed by atoms with Crippen LogP contribution in [0.3, 0.4) is 0 Å². The van der Waals surface area contributed by atoms with Gasteiger partial charge in [0.25, 0.3) is 0 Å². The van der Waals surface area contributed by atoms with E-state index in [9.17, 15) is 4.79 Å². The lowest BCUT2D eigenvalue weighted by atomic mass is 9.52. The van der Waals surface area contributed by atoms with Gasteiger partial charge in [-0.1, -0.05) is 0 Å². The molecule has 4 bridgehead atoms. The maximum Gasteiger partial charge on any atom is 0.339 e. The van der Waals surface area contributed by atoms with Crippen molar-refractivity contribution < 1.29 is 9.90 Å². The molecule has 4 aliphatic rings. The van der Waals surface area contributed by atoms with E-state index in [1.165, 1.54) is 38.3 Å². The SMILES string of the molecule is Cc1c(C(=O)O)cnn1CC1C2CC3CC(C2)CC1C3. The van der Waals surface area contributed by atoms with E-state index in [1.807, 2.05) is 11.6 Å². The molecule has 0 unspecified atom stereocenters. The predicted octanol–water partition coefficient (Wildman–Crippen LogP) is 2.96. The molecule has 4 saturated carbocycles. The summed E-state index contributed by atoms with van der Waals surface area (Å²) in [7, 11) is 0. The van der Waals surface area contributed by atoms with Crippen molar-refractivity contribution in [1.29, 1.82) is 0 Å². The molecule has 0 amide bonds. The molecule has 0 radical (unpaired) electrons. The zero-order valence-electron chi connectivity index (χ0n) is 12.0. The van der Waals surface area contributed by atoms with Crippen molar-refractivity contribution in [2.75, 3.05) is 0 Å². The number of hydrogen-bond donors (Lipinski definition) is 1. The highest BCUT2D eigenvalue weighted by atomic mass is 16.4. The molecule has 1 aromatic heterocycles. The molecule has 108 valence electrons. The summed E-state index contributed by atoms with van der Waals surface area (Å²) in [6.07, 6.45) is 8.61. The van der Waals surface area contributed by atoms with Gasteiger partial charge in [-0.2, -0.15) is 5.10 Å². The van der Waals surface area contributed by atoms with Gasteiger partial charge in [-0.05, 0) is 68.6 Å². The lowest BCUT2D eigenvalue weighted by Gasteiger charge is -2.54. The Kier molecular flexibility index (Phi) is 2.69. The molecular formula is C16H22N2O2. The second-order valence-electron chi connectivity index (χ2n) is 7.23. The minimum absolute atomic E-state index is 0.355. The van der Waals surface area contributed by atoms with E-state index in [0.29, 0.717) is 5.56 Å². The van der Waals surface area contributed by atoms with Crippen molar-refractivity contribution in [3.8, 4) is 0 Å². The highest BCUT2D eigenvalue weighted by Crippen LogP contribution is 2.56. The lowest BCUT2D eigenvalue weighted by Crippen LogP contribution is -2.46. The first-order chi connectivity index (χ1) is 9.61. The number of aromatic nitrogens is 2. The predicted molar refractivity (Wildman–Crippen MR) is 74.5 cm³/mol. The molecule has 20 heavy (non-hydrogen) atoms. The zero-order valence-corrected chi connectivity index (χ0v) is 12.0. The summed E-state index contributed by atoms with van der Waals surface area (Å²) in [5.74, 6) is 3.57. The first-order valence-electron chi connectivity index (χ1n) is 7.87. The van der Waals surface area contributed by atoms with Gasteiger partial charge < -0.3 is 5.11 Å². The van der Waals surface area contributed by atoms with Crippen molar-refractivity contribution in [1.82, 2.24) is 9.78 Å². The normalized spacial score (nSPS) is 38.4. The molecule has 0 aliphatic heterocycles. The monoisotopic (exact) mass is 274 g/mol. The Hall–Kier alpha value is -1.32. The van der Waals surface area contributed by atoms with Crippen molar-refractivity contribution in [3.05, 3.63) is 17.5 Å². The molecule has 4 fully saturated rings. The fourth-order valence-electron chi connectivity index (χ4n) is 5.38. The maximum atomic E-state index is 11.1. The molecular weight excluding hydrogens is 252 g/mol. The molecule has 4 heteroatoms. The smallest absolute Gasteiger partial charge is 0.339 e. The van der Waals surface area contributed by atoms with Crippen LogP contribution in [0.4, 0.5) is 0 Å². The fourth-order valence-corrected chi connectivity index (χ4v) is 5.38. The quantitative estimate of drug-likeness (QED) is 0.922. The van der Waals surface area contributed by atoms with Gasteiger partial charge in [0.05, 0.1) is 6.20 Å². The third-order valence-corrected chi connectivity index (χ3v) is 6.14. The van der Waals surface area contributed by atoms with Gasteiger partial charge in [0.15, 0.2) is 0 Å². The van der Waals surface area contributed by atoms with Crippen LogP contribution < -0.4 is 0 Å². The van der Waals surface area contributed by atoms with Crippen LogP contribution in [0.5, 0.6) is 0 Å². The van der Waals surface area contributed by atoms with Crippen LogP contribution in [-0.4, -0.2) is 20.9 Å². The summed E-state index contributed by atoms with van der Waals surface area (Å²) >= 11 is 0. The molecule has 1 heterocycles. The molecule has 1 N–H and O–H groups in total. The van der Waals surface area contributed by atoms with Crippen molar-refractivity contribution in [2.24, 2.45) is 29.6 Å². The van der Waals surface area contributed by atoms with Crippen LogP contribution in [-0.2, 0) is 6.54 Å². The summed E-state index contributed by atoms with van der Waals surface area (Å²) in [5, 5.41) is 13.5. The summed E-state index contributed by atoms with van der Waals surface area (Å²) in [4.78, 5) is 11.1. The highest BCUT2D eigenvalue weighted by molar-refractivity contribution is 5.88. The average molecular weight is 274 g/mol. The first kappa shape index (κ1) is 12.4. The van der Waals surface area contributed by atoms with Gasteiger partial charge >= 0.3 is 5.97 Å². The molecule has 5 rings (SSSR count). The Morgan fingerprint density at radius 2 is 1.85 bits per heavy atom. The van der Waals surface area contributed by atoms with E-state index in [0.717, 1.165) is 41.8 Å². The van der Waals surface area contributed by atoms with E-state index < -0.39 is 5.97 Å². The van der Waals surface area contributed by atoms with Crippen LogP contribution in [0.25, 0.3) is 0 Å². The molecule has 0 atom stereocenters. The van der Waals surface area contributed by atoms with Gasteiger partial charge in [0.2, 0.25) is 0 Å². The van der Waals surface area contributed by atoms with Crippen LogP contribution in [0.15, 0.2) is 6.20 Å². The summed E-state index contributed by atoms with van der Waals surface area (Å²) < 4.78 is 1.94. The van der Waals surface area contributed by atoms with Gasteiger partial charge in [-0.15, -0.1) is 0 Å². The van der Waals surface area contributed by atoms with Crippen molar-refractivity contribution in [2.45, 2.75) is 45.6 Å². The Bertz CT molecular complexity index is 521. The minimum atomic E-state index is -0.862. The lowest BCUT2D eigenvalue weighted by molar-refractivity contribution is -0.0444. The number of carbonyl (C=O) groups is 1. The van der Waals surface area contributed by atoms with Gasteiger partial charge in [-0.25, -0.2) is 4.79 Å². The zero-order chi connectivity index (χ0) is 13.9. The van der Waals surface area contributed by atoms with E-state index in [2.05, 4.69) is 5.10 Å². The van der Waals surface area contributed by atoms with Crippen molar-refractivity contribution in [3.63, 3.8) is 0 Å². The van der Waals surface area contributed by atoms with Gasteiger partial charge in [-0.3, -0.25) is 4.68 Å². The number of carboxylic acids is 1. The largest absolute Gasteiger partial charge is 0.478 e. The molecule has 1 aromatic rings. The number of nitrogens with zero attached hydrogens (tertiary/aromatic N) is 2. The van der Waals surface area contributed by atoms with Crippen LogP contribution in [0.1, 0.15) is 48.2 Å². The number of carboxylic acid groups (broad SMARTS) is 1. The molecule has 0 aromatic carbocycles. The van der Waals surface area contributed by atoms with E-state index in [4.69, 9.17) is 5.11 Å². The Balaban J connectivity index is 1.56. The molecule has 4 nitrogen and oxygen atoms in total. The first-order valence-corrected chi connectivity index (χ1v) is 7.87. The van der Waals surface area contributed by atoms with Gasteiger partial charge in [0, 0.05) is 12.2 Å². The van der Waals surface area contributed by atoms with Gasteiger partial charge in [0.1, 0.15) is 5.56 Å². The fraction of sp³-hybridized carbons (Fsp3) is 0.750. The summed E-state index contributed by atoms with van der Waals surface area (Å²) in [5.41, 5.74) is 1.17. The average Bonchev–Trinajstić information content (AvgIpc) is 2.74. The van der Waals surface area contributed by atoms with Crippen molar-refractivity contribution >= 4 is 5.97 Å². The van der Waals surface area contributed by atoms with Crippen LogP contribution in [0, 0.1) is 36.5 Å². The molecule has 0 spiro atoms. The van der Waals surface area contributed by atoms with E-state index in [-0.39, 0.29) is 0 Å². The van der Waals surface area contributed by atoms with Crippen LogP contribution >= 0.6 is 0 Å². The maximum absolute atomic E-state index is 11.1. The number of aromatic carboxylic acids is 1. The standard InChI is InChI=1S/C16H22N2O2/c1-9-14(16(19)20)7-17-18(9)8-15-12-3-10-2-11(5-12)6-13(15)4-10/h7,10-13,15H,2-6,8H2,1H3,(H,19,20). The Morgan fingerprint density at radius 1 is 1.25 bits per heavy atom. The second-order valence-corrected chi connectivity index (χ2v) is 7.23.